The van der Waals surface area contributed by atoms with E-state index in [2.05, 4.69) is 29.2 Å². The molecule has 0 saturated carbocycles. The lowest BCUT2D eigenvalue weighted by atomic mass is 9.95. The number of piperidine rings is 1. The molecule has 2 aromatic rings. The summed E-state index contributed by atoms with van der Waals surface area (Å²) in [6.45, 7) is 0.888. The third-order valence-corrected chi connectivity index (χ3v) is 3.64. The molecule has 0 aliphatic carbocycles. The molecule has 0 bridgehead atoms. The van der Waals surface area contributed by atoms with Crippen molar-refractivity contribution in [1.82, 2.24) is 9.88 Å². The Kier molecular flexibility index (Phi) is 2.59. The van der Waals surface area contributed by atoms with Crippen molar-refractivity contribution in [1.29, 1.82) is 0 Å². The summed E-state index contributed by atoms with van der Waals surface area (Å²) in [6, 6.07) is 8.76. The summed E-state index contributed by atoms with van der Waals surface area (Å²) in [5, 5.41) is 1.22. The van der Waals surface area contributed by atoms with Gasteiger partial charge in [-0.3, -0.25) is 4.79 Å². The standard InChI is InChI=1S/C14H16N2O/c17-10-16-8-2-1-3-14(16)12-4-5-13-11(9-12)6-7-15-13/h4-7,9-10,14-15H,1-3,8H2/t14-/m1/s1. The van der Waals surface area contributed by atoms with Crippen molar-refractivity contribution in [3.8, 4) is 0 Å². The van der Waals surface area contributed by atoms with Crippen LogP contribution in [0.25, 0.3) is 10.9 Å². The minimum absolute atomic E-state index is 0.264. The number of likely N-dealkylation sites (tertiary alicyclic amines) is 1. The highest BCUT2D eigenvalue weighted by Gasteiger charge is 2.22. The molecule has 1 amide bonds. The molecule has 1 aromatic carbocycles. The molecule has 1 saturated heterocycles. The monoisotopic (exact) mass is 228 g/mol. The number of carbonyl (C=O) groups excluding carboxylic acids is 1. The maximum absolute atomic E-state index is 11.1. The van der Waals surface area contributed by atoms with E-state index < -0.39 is 0 Å². The lowest BCUT2D eigenvalue weighted by Crippen LogP contribution is -2.32. The molecule has 1 atom stereocenters. The molecular formula is C14H16N2O. The van der Waals surface area contributed by atoms with E-state index in [4.69, 9.17) is 0 Å². The molecular weight excluding hydrogens is 212 g/mol. The Morgan fingerprint density at radius 1 is 1.29 bits per heavy atom. The Balaban J connectivity index is 1.97. The Hall–Kier alpha value is -1.77. The molecule has 0 spiro atoms. The van der Waals surface area contributed by atoms with Crippen LogP contribution in [0.15, 0.2) is 30.5 Å². The number of hydrogen-bond acceptors (Lipinski definition) is 1. The molecule has 1 fully saturated rings. The molecule has 0 radical (unpaired) electrons. The zero-order chi connectivity index (χ0) is 11.7. The normalized spacial score (nSPS) is 20.7. The van der Waals surface area contributed by atoms with Crippen molar-refractivity contribution in [3.63, 3.8) is 0 Å². The Morgan fingerprint density at radius 3 is 3.12 bits per heavy atom. The van der Waals surface area contributed by atoms with Crippen molar-refractivity contribution in [3.05, 3.63) is 36.0 Å². The highest BCUT2D eigenvalue weighted by atomic mass is 16.1. The topological polar surface area (TPSA) is 36.1 Å². The molecule has 1 aliphatic heterocycles. The Labute approximate surface area is 100 Å². The van der Waals surface area contributed by atoms with Crippen LogP contribution in [0.2, 0.25) is 0 Å². The van der Waals surface area contributed by atoms with Gasteiger partial charge in [0, 0.05) is 18.3 Å². The lowest BCUT2D eigenvalue weighted by molar-refractivity contribution is -0.121. The SMILES string of the molecule is O=CN1CCCC[C@@H]1c1ccc2[nH]ccc2c1. The smallest absolute Gasteiger partial charge is 0.210 e. The lowest BCUT2D eigenvalue weighted by Gasteiger charge is -2.33. The summed E-state index contributed by atoms with van der Waals surface area (Å²) in [5.74, 6) is 0. The maximum atomic E-state index is 11.1. The van der Waals surface area contributed by atoms with Crippen molar-refractivity contribution in [2.24, 2.45) is 0 Å². The summed E-state index contributed by atoms with van der Waals surface area (Å²) in [5.41, 5.74) is 2.41. The number of nitrogens with one attached hydrogen (secondary N) is 1. The van der Waals surface area contributed by atoms with E-state index >= 15 is 0 Å². The van der Waals surface area contributed by atoms with Crippen LogP contribution in [-0.2, 0) is 4.79 Å². The largest absolute Gasteiger partial charge is 0.361 e. The van der Waals surface area contributed by atoms with Gasteiger partial charge >= 0.3 is 0 Å². The van der Waals surface area contributed by atoms with Crippen LogP contribution in [0.5, 0.6) is 0 Å². The zero-order valence-electron chi connectivity index (χ0n) is 9.73. The molecule has 2 heterocycles. The van der Waals surface area contributed by atoms with Gasteiger partial charge in [-0.05, 0) is 48.4 Å². The highest BCUT2D eigenvalue weighted by Crippen LogP contribution is 2.31. The number of hydrogen-bond donors (Lipinski definition) is 1. The quantitative estimate of drug-likeness (QED) is 0.788. The second kappa shape index (κ2) is 4.24. The second-order valence-electron chi connectivity index (χ2n) is 4.68. The van der Waals surface area contributed by atoms with E-state index in [1.165, 1.54) is 17.4 Å². The minimum atomic E-state index is 0.264. The number of amides is 1. The molecule has 1 N–H and O–H groups in total. The zero-order valence-corrected chi connectivity index (χ0v) is 9.73. The first kappa shape index (κ1) is 10.4. The second-order valence-corrected chi connectivity index (χ2v) is 4.68. The predicted molar refractivity (Wildman–Crippen MR) is 67.7 cm³/mol. The summed E-state index contributed by atoms with van der Waals surface area (Å²) in [4.78, 5) is 16.2. The number of fused-ring (bicyclic) bond motifs is 1. The molecule has 17 heavy (non-hydrogen) atoms. The van der Waals surface area contributed by atoms with Gasteiger partial charge < -0.3 is 9.88 Å². The van der Waals surface area contributed by atoms with Crippen molar-refractivity contribution in [2.75, 3.05) is 6.54 Å². The van der Waals surface area contributed by atoms with E-state index in [1.807, 2.05) is 11.1 Å². The van der Waals surface area contributed by atoms with Gasteiger partial charge in [-0.1, -0.05) is 6.07 Å². The van der Waals surface area contributed by atoms with E-state index in [0.29, 0.717) is 0 Å². The average molecular weight is 228 g/mol. The third-order valence-electron chi connectivity index (χ3n) is 3.64. The summed E-state index contributed by atoms with van der Waals surface area (Å²) in [6.07, 6.45) is 6.36. The van der Waals surface area contributed by atoms with E-state index in [0.717, 1.165) is 31.3 Å². The molecule has 1 aliphatic rings. The van der Waals surface area contributed by atoms with Gasteiger partial charge in [-0.15, -0.1) is 0 Å². The number of H-pyrrole nitrogens is 1. The molecule has 3 nitrogen and oxygen atoms in total. The Morgan fingerprint density at radius 2 is 2.24 bits per heavy atom. The Bertz CT molecular complexity index is 532. The predicted octanol–water partition coefficient (Wildman–Crippen LogP) is 2.85. The number of benzene rings is 1. The van der Waals surface area contributed by atoms with Crippen LogP contribution in [-0.4, -0.2) is 22.8 Å². The van der Waals surface area contributed by atoms with Crippen LogP contribution in [0.4, 0.5) is 0 Å². The number of aromatic nitrogens is 1. The van der Waals surface area contributed by atoms with E-state index in [9.17, 15) is 4.79 Å². The molecule has 1 aromatic heterocycles. The van der Waals surface area contributed by atoms with Crippen molar-refractivity contribution < 1.29 is 4.79 Å². The number of carbonyl (C=O) groups is 1. The third kappa shape index (κ3) is 1.82. The summed E-state index contributed by atoms with van der Waals surface area (Å²) in [7, 11) is 0. The van der Waals surface area contributed by atoms with Gasteiger partial charge in [0.25, 0.3) is 0 Å². The van der Waals surface area contributed by atoms with Crippen LogP contribution < -0.4 is 0 Å². The summed E-state index contributed by atoms with van der Waals surface area (Å²) >= 11 is 0. The van der Waals surface area contributed by atoms with Gasteiger partial charge in [-0.2, -0.15) is 0 Å². The van der Waals surface area contributed by atoms with Gasteiger partial charge in [0.05, 0.1) is 6.04 Å². The fourth-order valence-electron chi connectivity index (χ4n) is 2.72. The van der Waals surface area contributed by atoms with Crippen molar-refractivity contribution >= 4 is 17.3 Å². The van der Waals surface area contributed by atoms with Crippen LogP contribution in [0.1, 0.15) is 30.9 Å². The maximum Gasteiger partial charge on any atom is 0.210 e. The van der Waals surface area contributed by atoms with Crippen LogP contribution in [0.3, 0.4) is 0 Å². The van der Waals surface area contributed by atoms with E-state index in [-0.39, 0.29) is 6.04 Å². The fourth-order valence-corrected chi connectivity index (χ4v) is 2.72. The number of aromatic amines is 1. The van der Waals surface area contributed by atoms with Gasteiger partial charge in [0.1, 0.15) is 0 Å². The first-order valence-electron chi connectivity index (χ1n) is 6.16. The first-order valence-corrected chi connectivity index (χ1v) is 6.16. The number of rotatable bonds is 2. The highest BCUT2D eigenvalue weighted by molar-refractivity contribution is 5.80. The average Bonchev–Trinajstić information content (AvgIpc) is 2.85. The molecule has 3 heteroatoms. The molecule has 88 valence electrons. The first-order chi connectivity index (χ1) is 8.38. The van der Waals surface area contributed by atoms with Gasteiger partial charge in [0.2, 0.25) is 6.41 Å². The van der Waals surface area contributed by atoms with Crippen molar-refractivity contribution in [2.45, 2.75) is 25.3 Å². The van der Waals surface area contributed by atoms with Gasteiger partial charge in [0.15, 0.2) is 0 Å². The number of nitrogens with zero attached hydrogens (tertiary/aromatic N) is 1. The molecule has 3 rings (SSSR count). The van der Waals surface area contributed by atoms with Crippen LogP contribution >= 0.6 is 0 Å². The fraction of sp³-hybridized carbons (Fsp3) is 0.357. The molecule has 0 unspecified atom stereocenters. The van der Waals surface area contributed by atoms with Gasteiger partial charge in [-0.25, -0.2) is 0 Å². The minimum Gasteiger partial charge on any atom is -0.361 e. The van der Waals surface area contributed by atoms with Crippen LogP contribution in [0, 0.1) is 0 Å². The summed E-state index contributed by atoms with van der Waals surface area (Å²) < 4.78 is 0. The van der Waals surface area contributed by atoms with E-state index in [1.54, 1.807) is 0 Å².